The number of nitrogens with one attached hydrogen (secondary N) is 1. The molecule has 2 heterocycles. The smallest absolute Gasteiger partial charge is 0.287 e. The fourth-order valence-corrected chi connectivity index (χ4v) is 3.88. The molecule has 146 valence electrons. The summed E-state index contributed by atoms with van der Waals surface area (Å²) in [5.41, 5.74) is 3.26. The number of carbonyl (C=O) groups excluding carboxylic acids is 1. The standard InChI is InChI=1S/C22H19N3O3S/c1-14-6-5-7-16(10-14)22(27)24-18-8-3-4-9-19(18)29-13-17-12-21(26)25-20(23-17)11-15(2)28-25/h3-12H,13H2,1-2H3,(H,24,27). The van der Waals surface area contributed by atoms with Gasteiger partial charge < -0.3 is 9.84 Å². The number of nitrogens with zero attached hydrogens (tertiary/aromatic N) is 2. The van der Waals surface area contributed by atoms with Crippen LogP contribution in [0.15, 0.2) is 74.9 Å². The molecule has 1 N–H and O–H groups in total. The largest absolute Gasteiger partial charge is 0.375 e. The molecule has 2 aromatic heterocycles. The lowest BCUT2D eigenvalue weighted by molar-refractivity contribution is 0.102. The number of aromatic nitrogens is 2. The van der Waals surface area contributed by atoms with Crippen molar-refractivity contribution in [3.63, 3.8) is 0 Å². The van der Waals surface area contributed by atoms with Gasteiger partial charge in [0.15, 0.2) is 5.65 Å². The quantitative estimate of drug-likeness (QED) is 0.497. The Morgan fingerprint density at radius 3 is 2.76 bits per heavy atom. The molecular weight excluding hydrogens is 386 g/mol. The average molecular weight is 405 g/mol. The topological polar surface area (TPSA) is 76.6 Å². The minimum Gasteiger partial charge on any atom is -0.375 e. The Hall–Kier alpha value is -3.32. The van der Waals surface area contributed by atoms with Gasteiger partial charge in [-0.1, -0.05) is 29.8 Å². The number of fused-ring (bicyclic) bond motifs is 1. The van der Waals surface area contributed by atoms with Crippen LogP contribution in [-0.4, -0.2) is 15.5 Å². The van der Waals surface area contributed by atoms with Crippen molar-refractivity contribution in [2.24, 2.45) is 0 Å². The second kappa shape index (κ2) is 7.97. The zero-order valence-corrected chi connectivity index (χ0v) is 16.8. The Morgan fingerprint density at radius 1 is 1.10 bits per heavy atom. The minimum absolute atomic E-state index is 0.159. The molecule has 0 aliphatic heterocycles. The van der Waals surface area contributed by atoms with E-state index in [1.165, 1.54) is 22.4 Å². The first-order valence-electron chi connectivity index (χ1n) is 9.09. The Labute approximate surface area is 171 Å². The van der Waals surface area contributed by atoms with Crippen LogP contribution in [0.5, 0.6) is 0 Å². The molecule has 0 bridgehead atoms. The van der Waals surface area contributed by atoms with Crippen LogP contribution in [-0.2, 0) is 5.75 Å². The van der Waals surface area contributed by atoms with Crippen molar-refractivity contribution in [1.82, 2.24) is 9.56 Å². The molecule has 29 heavy (non-hydrogen) atoms. The number of benzene rings is 2. The SMILES string of the molecule is Cc1cccc(C(=O)Nc2ccccc2SCc2cc(=O)n3oc(C)cc3n2)c1. The molecule has 7 heteroatoms. The summed E-state index contributed by atoms with van der Waals surface area (Å²) in [5.74, 6) is 0.963. The van der Waals surface area contributed by atoms with E-state index in [1.54, 1.807) is 19.1 Å². The summed E-state index contributed by atoms with van der Waals surface area (Å²) < 4.78 is 6.50. The third-order valence-corrected chi connectivity index (χ3v) is 5.42. The fourth-order valence-electron chi connectivity index (χ4n) is 2.98. The molecule has 6 nitrogen and oxygen atoms in total. The summed E-state index contributed by atoms with van der Waals surface area (Å²) in [6, 6.07) is 18.2. The Morgan fingerprint density at radius 2 is 1.93 bits per heavy atom. The summed E-state index contributed by atoms with van der Waals surface area (Å²) in [4.78, 5) is 30.2. The van der Waals surface area contributed by atoms with Crippen molar-refractivity contribution in [3.8, 4) is 0 Å². The van der Waals surface area contributed by atoms with Gasteiger partial charge in [-0.2, -0.15) is 0 Å². The van der Waals surface area contributed by atoms with E-state index in [9.17, 15) is 9.59 Å². The Balaban J connectivity index is 1.53. The van der Waals surface area contributed by atoms with Crippen molar-refractivity contribution in [3.05, 3.63) is 93.6 Å². The van der Waals surface area contributed by atoms with Gasteiger partial charge in [-0.25, -0.2) is 4.98 Å². The van der Waals surface area contributed by atoms with E-state index in [2.05, 4.69) is 10.3 Å². The molecule has 0 spiro atoms. The molecule has 4 aromatic rings. The van der Waals surface area contributed by atoms with Crippen LogP contribution in [0, 0.1) is 13.8 Å². The van der Waals surface area contributed by atoms with E-state index in [4.69, 9.17) is 4.52 Å². The first-order chi connectivity index (χ1) is 14.0. The number of amides is 1. The van der Waals surface area contributed by atoms with Crippen molar-refractivity contribution in [2.45, 2.75) is 24.5 Å². The molecule has 0 aliphatic carbocycles. The van der Waals surface area contributed by atoms with E-state index in [0.717, 1.165) is 16.1 Å². The number of aryl methyl sites for hydroxylation is 2. The predicted octanol–water partition coefficient (Wildman–Crippen LogP) is 4.45. The van der Waals surface area contributed by atoms with E-state index < -0.39 is 0 Å². The van der Waals surface area contributed by atoms with Crippen LogP contribution in [0.3, 0.4) is 0 Å². The fraction of sp³-hybridized carbons (Fsp3) is 0.136. The van der Waals surface area contributed by atoms with Gasteiger partial charge in [0.05, 0.1) is 11.4 Å². The molecular formula is C22H19N3O3S. The van der Waals surface area contributed by atoms with Gasteiger partial charge in [-0.3, -0.25) is 9.59 Å². The second-order valence-corrected chi connectivity index (χ2v) is 7.71. The van der Waals surface area contributed by atoms with Crippen LogP contribution < -0.4 is 10.9 Å². The third kappa shape index (κ3) is 4.25. The highest BCUT2D eigenvalue weighted by atomic mass is 32.2. The number of hydrogen-bond acceptors (Lipinski definition) is 5. The number of para-hydroxylation sites is 1. The van der Waals surface area contributed by atoms with Crippen LogP contribution in [0.25, 0.3) is 5.65 Å². The maximum Gasteiger partial charge on any atom is 0.287 e. The molecule has 1 amide bonds. The lowest BCUT2D eigenvalue weighted by Gasteiger charge is -2.11. The zero-order valence-electron chi connectivity index (χ0n) is 16.0. The maximum atomic E-state index is 12.6. The number of carbonyl (C=O) groups is 1. The lowest BCUT2D eigenvalue weighted by atomic mass is 10.1. The zero-order chi connectivity index (χ0) is 20.4. The highest BCUT2D eigenvalue weighted by molar-refractivity contribution is 7.98. The highest BCUT2D eigenvalue weighted by Gasteiger charge is 2.11. The van der Waals surface area contributed by atoms with Gasteiger partial charge in [0.2, 0.25) is 0 Å². The molecule has 4 rings (SSSR count). The van der Waals surface area contributed by atoms with Gasteiger partial charge in [-0.05, 0) is 38.1 Å². The van der Waals surface area contributed by atoms with E-state index >= 15 is 0 Å². The van der Waals surface area contributed by atoms with Crippen LogP contribution >= 0.6 is 11.8 Å². The van der Waals surface area contributed by atoms with Crippen molar-refractivity contribution >= 4 is 29.0 Å². The summed E-state index contributed by atoms with van der Waals surface area (Å²) in [7, 11) is 0. The van der Waals surface area contributed by atoms with Gasteiger partial charge in [0.25, 0.3) is 11.5 Å². The van der Waals surface area contributed by atoms with E-state index in [-0.39, 0.29) is 11.5 Å². The molecule has 0 saturated carbocycles. The van der Waals surface area contributed by atoms with Crippen LogP contribution in [0.4, 0.5) is 5.69 Å². The van der Waals surface area contributed by atoms with Gasteiger partial charge in [-0.15, -0.1) is 16.3 Å². The number of thioether (sulfide) groups is 1. The monoisotopic (exact) mass is 405 g/mol. The maximum absolute atomic E-state index is 12.6. The normalized spacial score (nSPS) is 11.0. The van der Waals surface area contributed by atoms with Gasteiger partial charge in [0, 0.05) is 28.3 Å². The van der Waals surface area contributed by atoms with E-state index in [0.29, 0.717) is 28.4 Å². The molecule has 0 aliphatic rings. The number of rotatable bonds is 5. The predicted molar refractivity (Wildman–Crippen MR) is 114 cm³/mol. The number of hydrogen-bond donors (Lipinski definition) is 1. The first-order valence-corrected chi connectivity index (χ1v) is 10.1. The van der Waals surface area contributed by atoms with Crippen LogP contribution in [0.2, 0.25) is 0 Å². The summed E-state index contributed by atoms with van der Waals surface area (Å²) in [5, 5.41) is 2.97. The molecule has 0 fully saturated rings. The molecule has 0 unspecified atom stereocenters. The highest BCUT2D eigenvalue weighted by Crippen LogP contribution is 2.29. The minimum atomic E-state index is -0.250. The third-order valence-electron chi connectivity index (χ3n) is 4.32. The molecule has 0 radical (unpaired) electrons. The van der Waals surface area contributed by atoms with Gasteiger partial charge >= 0.3 is 0 Å². The summed E-state index contributed by atoms with van der Waals surface area (Å²) in [6.45, 7) is 3.73. The van der Waals surface area contributed by atoms with Crippen molar-refractivity contribution in [2.75, 3.05) is 5.32 Å². The second-order valence-electron chi connectivity index (χ2n) is 6.69. The van der Waals surface area contributed by atoms with Crippen molar-refractivity contribution < 1.29 is 9.32 Å². The Kier molecular flexibility index (Phi) is 5.22. The average Bonchev–Trinajstić information content (AvgIpc) is 3.08. The number of anilines is 1. The van der Waals surface area contributed by atoms with Crippen LogP contribution in [0.1, 0.15) is 27.4 Å². The molecule has 0 saturated heterocycles. The van der Waals surface area contributed by atoms with Gasteiger partial charge in [0.1, 0.15) is 5.76 Å². The van der Waals surface area contributed by atoms with Crippen molar-refractivity contribution in [1.29, 1.82) is 0 Å². The Bertz CT molecular complexity index is 1260. The summed E-state index contributed by atoms with van der Waals surface area (Å²) in [6.07, 6.45) is 0. The molecule has 2 aromatic carbocycles. The molecule has 0 atom stereocenters. The lowest BCUT2D eigenvalue weighted by Crippen LogP contribution is -2.13. The van der Waals surface area contributed by atoms with E-state index in [1.807, 2.05) is 49.4 Å². The first kappa shape index (κ1) is 19.0. The summed E-state index contributed by atoms with van der Waals surface area (Å²) >= 11 is 1.51.